The van der Waals surface area contributed by atoms with Gasteiger partial charge in [-0.25, -0.2) is 4.98 Å². The lowest BCUT2D eigenvalue weighted by Crippen LogP contribution is -2.32. The van der Waals surface area contributed by atoms with E-state index in [2.05, 4.69) is 15.6 Å². The minimum atomic E-state index is -0.405. The maximum atomic E-state index is 12.9. The number of carbonyl (C=O) groups excluding carboxylic acids is 2. The summed E-state index contributed by atoms with van der Waals surface area (Å²) in [4.78, 5) is 29.4. The molecule has 2 aromatic carbocycles. The van der Waals surface area contributed by atoms with E-state index in [4.69, 9.17) is 14.2 Å². The lowest BCUT2D eigenvalue weighted by atomic mass is 10.2. The van der Waals surface area contributed by atoms with Crippen molar-refractivity contribution >= 4 is 28.5 Å². The molecule has 0 aliphatic carbocycles. The summed E-state index contributed by atoms with van der Waals surface area (Å²) in [6.45, 7) is 2.80. The van der Waals surface area contributed by atoms with Crippen LogP contribution in [0.5, 0.6) is 11.5 Å². The number of amides is 2. The number of para-hydroxylation sites is 2. The van der Waals surface area contributed by atoms with Crippen molar-refractivity contribution in [2.24, 2.45) is 0 Å². The molecule has 2 N–H and O–H groups in total. The minimum Gasteiger partial charge on any atom is -0.486 e. The van der Waals surface area contributed by atoms with Crippen LogP contribution >= 0.6 is 0 Å². The van der Waals surface area contributed by atoms with Crippen LogP contribution in [-0.4, -0.2) is 48.3 Å². The number of nitrogens with one attached hydrogen (secondary N) is 2. The first-order valence-electron chi connectivity index (χ1n) is 9.98. The van der Waals surface area contributed by atoms with Gasteiger partial charge in [0, 0.05) is 18.9 Å². The number of aromatic nitrogens is 2. The molecule has 162 valence electrons. The Morgan fingerprint density at radius 1 is 1.13 bits per heavy atom. The Kier molecular flexibility index (Phi) is 6.03. The molecule has 9 heteroatoms. The third kappa shape index (κ3) is 4.61. The molecule has 9 nitrogen and oxygen atoms in total. The van der Waals surface area contributed by atoms with Gasteiger partial charge < -0.3 is 29.4 Å². The molecule has 0 radical (unpaired) electrons. The average molecular weight is 424 g/mol. The van der Waals surface area contributed by atoms with E-state index < -0.39 is 6.04 Å². The van der Waals surface area contributed by atoms with Crippen LogP contribution in [0.1, 0.15) is 18.8 Å². The molecule has 1 aliphatic heterocycles. The summed E-state index contributed by atoms with van der Waals surface area (Å²) < 4.78 is 17.8. The van der Waals surface area contributed by atoms with Gasteiger partial charge in [0.2, 0.25) is 11.8 Å². The van der Waals surface area contributed by atoms with Crippen molar-refractivity contribution in [2.45, 2.75) is 19.5 Å². The Morgan fingerprint density at radius 2 is 1.90 bits per heavy atom. The number of anilines is 1. The van der Waals surface area contributed by atoms with Crippen LogP contribution in [0.25, 0.3) is 11.0 Å². The van der Waals surface area contributed by atoms with E-state index >= 15 is 0 Å². The Morgan fingerprint density at radius 3 is 2.71 bits per heavy atom. The first-order chi connectivity index (χ1) is 15.0. The van der Waals surface area contributed by atoms with Crippen molar-refractivity contribution < 1.29 is 23.8 Å². The predicted octanol–water partition coefficient (Wildman–Crippen LogP) is 2.27. The second-order valence-corrected chi connectivity index (χ2v) is 7.17. The molecule has 0 fully saturated rings. The monoisotopic (exact) mass is 424 g/mol. The zero-order chi connectivity index (χ0) is 21.8. The van der Waals surface area contributed by atoms with Gasteiger partial charge in [-0.15, -0.1) is 0 Å². The molecule has 2 amide bonds. The number of fused-ring (bicyclic) bond motifs is 2. The van der Waals surface area contributed by atoms with Gasteiger partial charge in [0.15, 0.2) is 11.5 Å². The third-order valence-electron chi connectivity index (χ3n) is 4.85. The van der Waals surface area contributed by atoms with Crippen LogP contribution in [0.2, 0.25) is 0 Å². The van der Waals surface area contributed by atoms with Gasteiger partial charge in [-0.3, -0.25) is 9.59 Å². The van der Waals surface area contributed by atoms with Crippen LogP contribution in [-0.2, 0) is 20.9 Å². The molecule has 0 bridgehead atoms. The van der Waals surface area contributed by atoms with Crippen LogP contribution in [0.3, 0.4) is 0 Å². The average Bonchev–Trinajstić information content (AvgIpc) is 3.12. The van der Waals surface area contributed by atoms with Gasteiger partial charge in [0.25, 0.3) is 0 Å². The Hall–Kier alpha value is -3.59. The van der Waals surface area contributed by atoms with E-state index in [1.807, 2.05) is 31.2 Å². The van der Waals surface area contributed by atoms with Gasteiger partial charge in [-0.1, -0.05) is 12.1 Å². The molecule has 1 unspecified atom stereocenters. The summed E-state index contributed by atoms with van der Waals surface area (Å²) in [5.41, 5.74) is 2.17. The van der Waals surface area contributed by atoms with Gasteiger partial charge in [0.05, 0.1) is 17.1 Å². The highest BCUT2D eigenvalue weighted by atomic mass is 16.6. The van der Waals surface area contributed by atoms with Gasteiger partial charge in [0.1, 0.15) is 32.2 Å². The van der Waals surface area contributed by atoms with Crippen molar-refractivity contribution in [3.8, 4) is 11.5 Å². The molecule has 0 saturated heterocycles. The number of hydrogen-bond acceptors (Lipinski definition) is 6. The molecule has 3 aromatic rings. The number of nitrogens with zero attached hydrogens (tertiary/aromatic N) is 2. The van der Waals surface area contributed by atoms with Crippen molar-refractivity contribution in [3.05, 3.63) is 48.3 Å². The largest absolute Gasteiger partial charge is 0.486 e. The Labute approximate surface area is 179 Å². The Balaban J connectivity index is 1.55. The zero-order valence-electron chi connectivity index (χ0n) is 17.4. The molecular formula is C22H24N4O5. The summed E-state index contributed by atoms with van der Waals surface area (Å²) >= 11 is 0. The highest BCUT2D eigenvalue weighted by molar-refractivity contribution is 5.92. The van der Waals surface area contributed by atoms with Crippen LogP contribution in [0, 0.1) is 0 Å². The summed E-state index contributed by atoms with van der Waals surface area (Å²) in [5.74, 6) is 1.37. The number of rotatable bonds is 7. The topological polar surface area (TPSA) is 104 Å². The number of carbonyl (C=O) groups is 2. The second kappa shape index (κ2) is 9.05. The van der Waals surface area contributed by atoms with E-state index in [0.29, 0.717) is 36.2 Å². The molecule has 4 rings (SSSR count). The third-order valence-corrected chi connectivity index (χ3v) is 4.85. The lowest BCUT2D eigenvalue weighted by molar-refractivity contribution is -0.125. The fraction of sp³-hybridized carbons (Fsp3) is 0.318. The first-order valence-corrected chi connectivity index (χ1v) is 9.98. The fourth-order valence-electron chi connectivity index (χ4n) is 3.53. The van der Waals surface area contributed by atoms with Crippen molar-refractivity contribution in [1.82, 2.24) is 14.9 Å². The molecule has 0 spiro atoms. The summed E-state index contributed by atoms with van der Waals surface area (Å²) in [6.07, 6.45) is 0. The van der Waals surface area contributed by atoms with Crippen LogP contribution in [0.15, 0.2) is 42.5 Å². The normalized spacial score (nSPS) is 13.6. The van der Waals surface area contributed by atoms with Crippen molar-refractivity contribution in [1.29, 1.82) is 0 Å². The van der Waals surface area contributed by atoms with E-state index in [0.717, 1.165) is 11.0 Å². The lowest BCUT2D eigenvalue weighted by Gasteiger charge is -2.19. The standard InChI is InChI=1S/C22H24N4O5/c1-14(23-21(28)13-29-2)22-25-16-5-3-4-6-17(16)26(22)12-20(27)24-15-7-8-18-19(11-15)31-10-9-30-18/h3-8,11,14H,9-10,12-13H2,1-2H3,(H,23,28)(H,24,27). The van der Waals surface area contributed by atoms with E-state index in [-0.39, 0.29) is 25.0 Å². The molecule has 1 aromatic heterocycles. The van der Waals surface area contributed by atoms with E-state index in [1.165, 1.54) is 7.11 Å². The summed E-state index contributed by atoms with van der Waals surface area (Å²) in [6, 6.07) is 12.4. The molecule has 31 heavy (non-hydrogen) atoms. The highest BCUT2D eigenvalue weighted by Gasteiger charge is 2.20. The summed E-state index contributed by atoms with van der Waals surface area (Å²) in [5, 5.41) is 5.74. The maximum absolute atomic E-state index is 12.9. The summed E-state index contributed by atoms with van der Waals surface area (Å²) in [7, 11) is 1.46. The van der Waals surface area contributed by atoms with Crippen molar-refractivity contribution in [2.75, 3.05) is 32.2 Å². The second-order valence-electron chi connectivity index (χ2n) is 7.17. The molecule has 0 saturated carbocycles. The van der Waals surface area contributed by atoms with Gasteiger partial charge in [-0.05, 0) is 31.2 Å². The number of ether oxygens (including phenoxy) is 3. The van der Waals surface area contributed by atoms with E-state index in [9.17, 15) is 9.59 Å². The number of hydrogen-bond donors (Lipinski definition) is 2. The molecule has 2 heterocycles. The van der Waals surface area contributed by atoms with Gasteiger partial charge in [-0.2, -0.15) is 0 Å². The SMILES string of the molecule is COCC(=O)NC(C)c1nc2ccccc2n1CC(=O)Nc1ccc2c(c1)OCCO2. The minimum absolute atomic E-state index is 0.0365. The smallest absolute Gasteiger partial charge is 0.246 e. The van der Waals surface area contributed by atoms with Crippen LogP contribution < -0.4 is 20.1 Å². The predicted molar refractivity (Wildman–Crippen MR) is 114 cm³/mol. The van der Waals surface area contributed by atoms with E-state index in [1.54, 1.807) is 22.8 Å². The molecule has 1 atom stereocenters. The first kappa shape index (κ1) is 20.7. The highest BCUT2D eigenvalue weighted by Crippen LogP contribution is 2.32. The zero-order valence-corrected chi connectivity index (χ0v) is 17.4. The maximum Gasteiger partial charge on any atom is 0.246 e. The van der Waals surface area contributed by atoms with Gasteiger partial charge >= 0.3 is 0 Å². The van der Waals surface area contributed by atoms with Crippen molar-refractivity contribution in [3.63, 3.8) is 0 Å². The molecule has 1 aliphatic rings. The van der Waals surface area contributed by atoms with Crippen LogP contribution in [0.4, 0.5) is 5.69 Å². The number of benzene rings is 2. The fourth-order valence-corrected chi connectivity index (χ4v) is 3.53. The Bertz CT molecular complexity index is 1110. The number of imidazole rings is 1. The quantitative estimate of drug-likeness (QED) is 0.603. The molecular weight excluding hydrogens is 400 g/mol. The number of methoxy groups -OCH3 is 1.